The van der Waals surface area contributed by atoms with Crippen molar-refractivity contribution in [2.24, 2.45) is 5.92 Å². The predicted molar refractivity (Wildman–Crippen MR) is 57.0 cm³/mol. The fourth-order valence-corrected chi connectivity index (χ4v) is 1.39. The van der Waals surface area contributed by atoms with Crippen molar-refractivity contribution in [2.45, 2.75) is 20.3 Å². The van der Waals surface area contributed by atoms with Crippen LogP contribution < -0.4 is 0 Å². The summed E-state index contributed by atoms with van der Waals surface area (Å²) < 4.78 is 0. The van der Waals surface area contributed by atoms with Crippen molar-refractivity contribution < 1.29 is 14.7 Å². The van der Waals surface area contributed by atoms with Crippen LogP contribution in [0.15, 0.2) is 24.3 Å². The van der Waals surface area contributed by atoms with E-state index in [4.69, 9.17) is 5.11 Å². The Morgan fingerprint density at radius 2 is 1.73 bits per heavy atom. The van der Waals surface area contributed by atoms with Gasteiger partial charge in [0.05, 0.1) is 0 Å². The fourth-order valence-electron chi connectivity index (χ4n) is 1.39. The van der Waals surface area contributed by atoms with Crippen LogP contribution in [0.25, 0.3) is 0 Å². The van der Waals surface area contributed by atoms with E-state index in [1.165, 1.54) is 0 Å². The Balaban J connectivity index is 2.81. The number of Topliss-reactive ketones (excluding diaryl/α,β-unsaturated/α-hetero) is 1. The maximum absolute atomic E-state index is 11.1. The van der Waals surface area contributed by atoms with Gasteiger partial charge in [0, 0.05) is 5.56 Å². The topological polar surface area (TPSA) is 54.4 Å². The standard InChI is InChI=1S/C12H14O3/c1-8(2)7-9-3-5-10(6-4-9)11(13)12(14)15/h3-6,8H,7H2,1-2H3,(H,14,15). The second-order valence-corrected chi connectivity index (χ2v) is 3.93. The highest BCUT2D eigenvalue weighted by Crippen LogP contribution is 2.10. The SMILES string of the molecule is CC(C)Cc1ccc(C(=O)C(=O)O)cc1. The molecule has 0 fully saturated rings. The Kier molecular flexibility index (Phi) is 3.61. The van der Waals surface area contributed by atoms with Gasteiger partial charge in [-0.2, -0.15) is 0 Å². The van der Waals surface area contributed by atoms with E-state index in [0.29, 0.717) is 5.92 Å². The molecule has 0 saturated carbocycles. The summed E-state index contributed by atoms with van der Waals surface area (Å²) >= 11 is 0. The Labute approximate surface area is 88.7 Å². The second-order valence-electron chi connectivity index (χ2n) is 3.93. The number of carboxylic acids is 1. The number of benzene rings is 1. The highest BCUT2D eigenvalue weighted by molar-refractivity contribution is 6.39. The largest absolute Gasteiger partial charge is 0.475 e. The van der Waals surface area contributed by atoms with Crippen molar-refractivity contribution in [3.05, 3.63) is 35.4 Å². The van der Waals surface area contributed by atoms with E-state index in [-0.39, 0.29) is 5.56 Å². The van der Waals surface area contributed by atoms with Crippen molar-refractivity contribution in [3.63, 3.8) is 0 Å². The molecule has 0 spiro atoms. The van der Waals surface area contributed by atoms with Gasteiger partial charge in [0.2, 0.25) is 0 Å². The first kappa shape index (κ1) is 11.4. The lowest BCUT2D eigenvalue weighted by molar-refractivity contribution is -0.131. The number of hydrogen-bond donors (Lipinski definition) is 1. The molecule has 80 valence electrons. The number of carbonyl (C=O) groups excluding carboxylic acids is 1. The van der Waals surface area contributed by atoms with E-state index in [0.717, 1.165) is 12.0 Å². The van der Waals surface area contributed by atoms with Gasteiger partial charge in [0.15, 0.2) is 0 Å². The first-order valence-electron chi connectivity index (χ1n) is 4.87. The van der Waals surface area contributed by atoms with E-state index in [9.17, 15) is 9.59 Å². The summed E-state index contributed by atoms with van der Waals surface area (Å²) in [7, 11) is 0. The molecule has 0 aliphatic carbocycles. The Morgan fingerprint density at radius 1 is 1.20 bits per heavy atom. The molecule has 0 radical (unpaired) electrons. The van der Waals surface area contributed by atoms with Crippen molar-refractivity contribution in [2.75, 3.05) is 0 Å². The lowest BCUT2D eigenvalue weighted by atomic mass is 10.0. The number of hydrogen-bond acceptors (Lipinski definition) is 2. The van der Waals surface area contributed by atoms with E-state index in [1.807, 2.05) is 0 Å². The third-order valence-electron chi connectivity index (χ3n) is 2.05. The zero-order valence-corrected chi connectivity index (χ0v) is 8.86. The van der Waals surface area contributed by atoms with Crippen molar-refractivity contribution in [1.82, 2.24) is 0 Å². The van der Waals surface area contributed by atoms with Gasteiger partial charge in [0.1, 0.15) is 0 Å². The van der Waals surface area contributed by atoms with Gasteiger partial charge in [-0.25, -0.2) is 4.79 Å². The minimum Gasteiger partial charge on any atom is -0.475 e. The number of aliphatic carboxylic acids is 1. The smallest absolute Gasteiger partial charge is 0.377 e. The van der Waals surface area contributed by atoms with Crippen molar-refractivity contribution in [1.29, 1.82) is 0 Å². The van der Waals surface area contributed by atoms with Crippen molar-refractivity contribution >= 4 is 11.8 Å². The van der Waals surface area contributed by atoms with Gasteiger partial charge >= 0.3 is 5.97 Å². The maximum Gasteiger partial charge on any atom is 0.377 e. The molecule has 1 rings (SSSR count). The lowest BCUT2D eigenvalue weighted by Gasteiger charge is -2.04. The zero-order chi connectivity index (χ0) is 11.4. The molecule has 0 amide bonds. The molecule has 0 heterocycles. The summed E-state index contributed by atoms with van der Waals surface area (Å²) in [4.78, 5) is 21.5. The summed E-state index contributed by atoms with van der Waals surface area (Å²) in [6.07, 6.45) is 0.932. The molecule has 0 saturated heterocycles. The van der Waals surface area contributed by atoms with Crippen molar-refractivity contribution in [3.8, 4) is 0 Å². The molecule has 3 heteroatoms. The van der Waals surface area contributed by atoms with Crippen LogP contribution in [0, 0.1) is 5.92 Å². The summed E-state index contributed by atoms with van der Waals surface area (Å²) in [5.74, 6) is -1.72. The molecule has 0 atom stereocenters. The average Bonchev–Trinajstić information content (AvgIpc) is 2.17. The van der Waals surface area contributed by atoms with Gasteiger partial charge in [-0.05, 0) is 17.9 Å². The minimum atomic E-state index is -1.41. The second kappa shape index (κ2) is 4.73. The number of ketones is 1. The third kappa shape index (κ3) is 3.20. The quantitative estimate of drug-likeness (QED) is 0.606. The lowest BCUT2D eigenvalue weighted by Crippen LogP contribution is -2.12. The van der Waals surface area contributed by atoms with Crippen LogP contribution in [0.5, 0.6) is 0 Å². The molecule has 0 aromatic heterocycles. The zero-order valence-electron chi connectivity index (χ0n) is 8.86. The van der Waals surface area contributed by atoms with E-state index in [1.54, 1.807) is 24.3 Å². The summed E-state index contributed by atoms with van der Waals surface area (Å²) in [5, 5.41) is 8.50. The maximum atomic E-state index is 11.1. The van der Waals surface area contributed by atoms with Crippen LogP contribution in [0.3, 0.4) is 0 Å². The summed E-state index contributed by atoms with van der Waals surface area (Å²) in [5.41, 5.74) is 1.35. The van der Waals surface area contributed by atoms with Gasteiger partial charge in [0.25, 0.3) is 5.78 Å². The molecular formula is C12H14O3. The third-order valence-corrected chi connectivity index (χ3v) is 2.05. The van der Waals surface area contributed by atoms with Gasteiger partial charge in [-0.3, -0.25) is 4.79 Å². The molecular weight excluding hydrogens is 192 g/mol. The van der Waals surface area contributed by atoms with E-state index >= 15 is 0 Å². The highest BCUT2D eigenvalue weighted by Gasteiger charge is 2.13. The fraction of sp³-hybridized carbons (Fsp3) is 0.333. The van der Waals surface area contributed by atoms with Gasteiger partial charge < -0.3 is 5.11 Å². The van der Waals surface area contributed by atoms with Crippen LogP contribution in [-0.4, -0.2) is 16.9 Å². The molecule has 1 aromatic carbocycles. The molecule has 0 bridgehead atoms. The molecule has 15 heavy (non-hydrogen) atoms. The number of carbonyl (C=O) groups is 2. The first-order chi connectivity index (χ1) is 7.00. The molecule has 3 nitrogen and oxygen atoms in total. The first-order valence-corrected chi connectivity index (χ1v) is 4.87. The van der Waals surface area contributed by atoms with E-state index < -0.39 is 11.8 Å². The monoisotopic (exact) mass is 206 g/mol. The molecule has 1 N–H and O–H groups in total. The molecule has 1 aromatic rings. The predicted octanol–water partition coefficient (Wildman–Crippen LogP) is 2.15. The highest BCUT2D eigenvalue weighted by atomic mass is 16.4. The van der Waals surface area contributed by atoms with Crippen LogP contribution in [-0.2, 0) is 11.2 Å². The van der Waals surface area contributed by atoms with Crippen LogP contribution >= 0.6 is 0 Å². The number of rotatable bonds is 4. The molecule has 0 unspecified atom stereocenters. The van der Waals surface area contributed by atoms with Crippen LogP contribution in [0.4, 0.5) is 0 Å². The van der Waals surface area contributed by atoms with Crippen LogP contribution in [0.2, 0.25) is 0 Å². The van der Waals surface area contributed by atoms with Gasteiger partial charge in [-0.1, -0.05) is 38.1 Å². The normalized spacial score (nSPS) is 10.3. The summed E-state index contributed by atoms with van der Waals surface area (Å²) in [6.45, 7) is 4.21. The Hall–Kier alpha value is -1.64. The molecule has 0 aliphatic rings. The minimum absolute atomic E-state index is 0.231. The molecule has 0 aliphatic heterocycles. The van der Waals surface area contributed by atoms with Crippen LogP contribution in [0.1, 0.15) is 29.8 Å². The Morgan fingerprint density at radius 3 is 2.13 bits per heavy atom. The number of carboxylic acid groups (broad SMARTS) is 1. The van der Waals surface area contributed by atoms with E-state index in [2.05, 4.69) is 13.8 Å². The average molecular weight is 206 g/mol. The van der Waals surface area contributed by atoms with Gasteiger partial charge in [-0.15, -0.1) is 0 Å². The summed E-state index contributed by atoms with van der Waals surface area (Å²) in [6, 6.07) is 6.73. The Bertz CT molecular complexity index is 363.